The number of halogens is 5. The highest BCUT2D eigenvalue weighted by Crippen LogP contribution is 2.38. The number of hydrogen-bond donors (Lipinski definition) is 1. The molecule has 31 heavy (non-hydrogen) atoms. The zero-order valence-electron chi connectivity index (χ0n) is 16.3. The SMILES string of the molecule is O=C(OC(CO)C(F)(F)F)N1CCC(c2nc3n(c2Br)-c2ccc(F)cc2CC3)CC1. The van der Waals surface area contributed by atoms with Crippen LogP contribution in [0.3, 0.4) is 0 Å². The summed E-state index contributed by atoms with van der Waals surface area (Å²) in [6.45, 7) is -0.879. The molecule has 11 heteroatoms. The van der Waals surface area contributed by atoms with Gasteiger partial charge in [0, 0.05) is 25.4 Å². The zero-order chi connectivity index (χ0) is 22.3. The molecule has 1 saturated heterocycles. The average molecular weight is 506 g/mol. The van der Waals surface area contributed by atoms with E-state index < -0.39 is 25.0 Å². The summed E-state index contributed by atoms with van der Waals surface area (Å²) in [4.78, 5) is 18.1. The number of aromatic nitrogens is 2. The van der Waals surface area contributed by atoms with Crippen LogP contribution in [0.1, 0.15) is 35.8 Å². The van der Waals surface area contributed by atoms with E-state index in [-0.39, 0.29) is 24.8 Å². The maximum Gasteiger partial charge on any atom is 0.427 e. The Balaban J connectivity index is 1.46. The molecule has 3 heterocycles. The Morgan fingerprint density at radius 2 is 2.00 bits per heavy atom. The second-order valence-electron chi connectivity index (χ2n) is 7.67. The molecule has 1 N–H and O–H groups in total. The molecule has 1 amide bonds. The second-order valence-corrected chi connectivity index (χ2v) is 8.42. The second kappa shape index (κ2) is 8.42. The summed E-state index contributed by atoms with van der Waals surface area (Å²) in [7, 11) is 0. The molecule has 1 aromatic heterocycles. The average Bonchev–Trinajstić information content (AvgIpc) is 3.07. The molecular formula is C20H20BrF4N3O3. The van der Waals surface area contributed by atoms with Crippen molar-refractivity contribution in [2.45, 2.75) is 43.9 Å². The number of alkyl halides is 3. The van der Waals surface area contributed by atoms with E-state index in [0.717, 1.165) is 27.4 Å². The van der Waals surface area contributed by atoms with Crippen molar-refractivity contribution in [2.75, 3.05) is 19.7 Å². The summed E-state index contributed by atoms with van der Waals surface area (Å²) in [5.74, 6) is 0.586. The van der Waals surface area contributed by atoms with E-state index in [1.165, 1.54) is 17.0 Å². The maximum atomic E-state index is 13.6. The summed E-state index contributed by atoms with van der Waals surface area (Å²) < 4.78 is 58.9. The third-order valence-electron chi connectivity index (χ3n) is 5.73. The number of amides is 1. The molecule has 1 unspecified atom stereocenters. The van der Waals surface area contributed by atoms with E-state index in [2.05, 4.69) is 20.7 Å². The molecule has 0 saturated carbocycles. The molecule has 0 bridgehead atoms. The van der Waals surface area contributed by atoms with Gasteiger partial charge in [-0.15, -0.1) is 0 Å². The van der Waals surface area contributed by atoms with E-state index in [4.69, 9.17) is 10.1 Å². The molecule has 6 nitrogen and oxygen atoms in total. The number of rotatable bonds is 3. The number of nitrogens with zero attached hydrogens (tertiary/aromatic N) is 3. The summed E-state index contributed by atoms with van der Waals surface area (Å²) >= 11 is 3.62. The van der Waals surface area contributed by atoms with Crippen molar-refractivity contribution >= 4 is 22.0 Å². The Kier molecular flexibility index (Phi) is 5.99. The van der Waals surface area contributed by atoms with Crippen molar-refractivity contribution in [2.24, 2.45) is 0 Å². The van der Waals surface area contributed by atoms with E-state index in [1.807, 2.05) is 4.57 Å². The van der Waals surface area contributed by atoms with Gasteiger partial charge in [0.25, 0.3) is 0 Å². The Morgan fingerprint density at radius 3 is 2.65 bits per heavy atom. The first-order valence-electron chi connectivity index (χ1n) is 9.88. The van der Waals surface area contributed by atoms with Crippen LogP contribution in [0.4, 0.5) is 22.4 Å². The van der Waals surface area contributed by atoms with Gasteiger partial charge >= 0.3 is 12.3 Å². The highest BCUT2D eigenvalue weighted by Gasteiger charge is 2.43. The number of carbonyl (C=O) groups is 1. The molecule has 0 spiro atoms. The van der Waals surface area contributed by atoms with Gasteiger partial charge in [-0.05, 0) is 59.0 Å². The Bertz CT molecular complexity index is 987. The van der Waals surface area contributed by atoms with Gasteiger partial charge in [-0.2, -0.15) is 13.2 Å². The van der Waals surface area contributed by atoms with Gasteiger partial charge in [0.2, 0.25) is 6.10 Å². The third-order valence-corrected chi connectivity index (χ3v) is 6.49. The number of imidazole rings is 1. The summed E-state index contributed by atoms with van der Waals surface area (Å²) in [6.07, 6.45) is -6.06. The number of hydrogen-bond acceptors (Lipinski definition) is 4. The maximum absolute atomic E-state index is 13.6. The number of carbonyl (C=O) groups excluding carboxylic acids is 1. The monoisotopic (exact) mass is 505 g/mol. The first-order valence-corrected chi connectivity index (χ1v) is 10.7. The van der Waals surface area contributed by atoms with Gasteiger partial charge in [-0.25, -0.2) is 14.2 Å². The van der Waals surface area contributed by atoms with Crippen molar-refractivity contribution in [3.8, 4) is 5.69 Å². The number of aliphatic hydroxyl groups excluding tert-OH is 1. The van der Waals surface area contributed by atoms with Crippen LogP contribution >= 0.6 is 15.9 Å². The molecule has 0 radical (unpaired) electrons. The normalized spacial score (nSPS) is 17.8. The number of aliphatic hydroxyl groups is 1. The van der Waals surface area contributed by atoms with Crippen LogP contribution < -0.4 is 0 Å². The van der Waals surface area contributed by atoms with Crippen LogP contribution in [0.25, 0.3) is 5.69 Å². The van der Waals surface area contributed by atoms with Crippen LogP contribution in [-0.2, 0) is 17.6 Å². The predicted molar refractivity (Wildman–Crippen MR) is 106 cm³/mol. The Morgan fingerprint density at radius 1 is 1.29 bits per heavy atom. The van der Waals surface area contributed by atoms with E-state index >= 15 is 0 Å². The number of likely N-dealkylation sites (tertiary alicyclic amines) is 1. The number of aryl methyl sites for hydroxylation is 2. The minimum absolute atomic E-state index is 0.0108. The van der Waals surface area contributed by atoms with Gasteiger partial charge in [0.1, 0.15) is 16.2 Å². The van der Waals surface area contributed by atoms with Crippen LogP contribution in [-0.4, -0.2) is 57.6 Å². The number of benzene rings is 1. The lowest BCUT2D eigenvalue weighted by Gasteiger charge is -2.32. The lowest BCUT2D eigenvalue weighted by atomic mass is 9.94. The number of ether oxygens (including phenoxy) is 1. The fourth-order valence-corrected chi connectivity index (χ4v) is 4.90. The van der Waals surface area contributed by atoms with E-state index in [1.54, 1.807) is 6.07 Å². The fraction of sp³-hybridized carbons (Fsp3) is 0.500. The van der Waals surface area contributed by atoms with Crippen molar-refractivity contribution < 1.29 is 32.2 Å². The van der Waals surface area contributed by atoms with Crippen LogP contribution in [0.15, 0.2) is 22.8 Å². The van der Waals surface area contributed by atoms with Gasteiger partial charge in [0.15, 0.2) is 0 Å². The Labute approximate surface area is 183 Å². The highest BCUT2D eigenvalue weighted by atomic mass is 79.9. The van der Waals surface area contributed by atoms with E-state index in [9.17, 15) is 22.4 Å². The molecule has 2 aliphatic heterocycles. The van der Waals surface area contributed by atoms with Gasteiger partial charge in [-0.3, -0.25) is 4.57 Å². The molecular weight excluding hydrogens is 486 g/mol. The van der Waals surface area contributed by atoms with Gasteiger partial charge < -0.3 is 14.7 Å². The number of fused-ring (bicyclic) bond motifs is 3. The van der Waals surface area contributed by atoms with E-state index in [0.29, 0.717) is 25.7 Å². The minimum atomic E-state index is -4.82. The van der Waals surface area contributed by atoms with Crippen molar-refractivity contribution in [1.29, 1.82) is 0 Å². The molecule has 2 aliphatic rings. The predicted octanol–water partition coefficient (Wildman–Crippen LogP) is 4.11. The van der Waals surface area contributed by atoms with Gasteiger partial charge in [0.05, 0.1) is 18.0 Å². The quantitative estimate of drug-likeness (QED) is 0.637. The topological polar surface area (TPSA) is 67.6 Å². The minimum Gasteiger partial charge on any atom is -0.434 e. The molecule has 1 fully saturated rings. The first-order chi connectivity index (χ1) is 14.7. The van der Waals surface area contributed by atoms with Crippen molar-refractivity contribution in [3.63, 3.8) is 0 Å². The summed E-state index contributed by atoms with van der Waals surface area (Å²) in [5.41, 5.74) is 2.60. The first kappa shape index (κ1) is 22.1. The lowest BCUT2D eigenvalue weighted by molar-refractivity contribution is -0.214. The van der Waals surface area contributed by atoms with Crippen molar-refractivity contribution in [3.05, 3.63) is 45.7 Å². The molecule has 168 valence electrons. The smallest absolute Gasteiger partial charge is 0.427 e. The number of piperidine rings is 1. The molecule has 1 aromatic carbocycles. The molecule has 4 rings (SSSR count). The third kappa shape index (κ3) is 4.30. The standard InChI is InChI=1S/C20H20BrF4N3O3/c21-18-17(26-16-4-1-12-9-13(22)2-3-14(12)28(16)18)11-5-7-27(8-6-11)19(30)31-15(10-29)20(23,24)25/h2-3,9,11,15,29H,1,4-8,10H2. The Hall–Kier alpha value is -2.14. The van der Waals surface area contributed by atoms with Crippen LogP contribution in [0, 0.1) is 5.82 Å². The molecule has 0 aliphatic carbocycles. The zero-order valence-corrected chi connectivity index (χ0v) is 17.9. The largest absolute Gasteiger partial charge is 0.434 e. The highest BCUT2D eigenvalue weighted by molar-refractivity contribution is 9.10. The lowest BCUT2D eigenvalue weighted by Crippen LogP contribution is -2.44. The van der Waals surface area contributed by atoms with Crippen molar-refractivity contribution in [1.82, 2.24) is 14.5 Å². The summed E-state index contributed by atoms with van der Waals surface area (Å²) in [5, 5.41) is 8.84. The fourth-order valence-electron chi connectivity index (χ4n) is 4.09. The van der Waals surface area contributed by atoms with Gasteiger partial charge in [-0.1, -0.05) is 0 Å². The molecule has 2 aromatic rings. The molecule has 1 atom stereocenters. The summed E-state index contributed by atoms with van der Waals surface area (Å²) in [6, 6.07) is 4.65. The van der Waals surface area contributed by atoms with Crippen LogP contribution in [0.5, 0.6) is 0 Å². The van der Waals surface area contributed by atoms with Crippen LogP contribution in [0.2, 0.25) is 0 Å².